The van der Waals surface area contributed by atoms with E-state index in [0.29, 0.717) is 5.69 Å². The standard InChI is InChI=1S/C20H16IN2/c1-22-18-11-10-17(20(21)14-18)13-19-9-5-6-12-23(19)15-16-7-3-2-4-8-16/h2-12,14H,13,15H2/q+1. The molecule has 1 aromatic heterocycles. The number of pyridine rings is 1. The first-order chi connectivity index (χ1) is 11.3. The van der Waals surface area contributed by atoms with Crippen molar-refractivity contribution in [2.75, 3.05) is 0 Å². The molecule has 0 aliphatic heterocycles. The fourth-order valence-corrected chi connectivity index (χ4v) is 3.24. The van der Waals surface area contributed by atoms with Gasteiger partial charge in [-0.1, -0.05) is 48.5 Å². The van der Waals surface area contributed by atoms with Crippen LogP contribution in [0, 0.1) is 10.1 Å². The summed E-state index contributed by atoms with van der Waals surface area (Å²) in [7, 11) is 0. The van der Waals surface area contributed by atoms with Gasteiger partial charge in [-0.25, -0.2) is 4.85 Å². The van der Waals surface area contributed by atoms with Crippen LogP contribution in [0.25, 0.3) is 4.85 Å². The second-order valence-electron chi connectivity index (χ2n) is 5.37. The quantitative estimate of drug-likeness (QED) is 0.332. The Morgan fingerprint density at radius 3 is 2.48 bits per heavy atom. The molecule has 0 bridgehead atoms. The molecule has 0 atom stereocenters. The van der Waals surface area contributed by atoms with Gasteiger partial charge in [0.15, 0.2) is 24.1 Å². The third kappa shape index (κ3) is 3.96. The van der Waals surface area contributed by atoms with Crippen LogP contribution in [0.2, 0.25) is 0 Å². The van der Waals surface area contributed by atoms with E-state index in [1.54, 1.807) is 0 Å². The summed E-state index contributed by atoms with van der Waals surface area (Å²) in [5, 5.41) is 0. The Bertz CT molecular complexity index is 851. The van der Waals surface area contributed by atoms with E-state index in [9.17, 15) is 0 Å². The minimum atomic E-state index is 0.698. The molecule has 0 N–H and O–H groups in total. The van der Waals surface area contributed by atoms with Gasteiger partial charge >= 0.3 is 0 Å². The van der Waals surface area contributed by atoms with E-state index >= 15 is 0 Å². The first kappa shape index (κ1) is 15.7. The number of halogens is 1. The van der Waals surface area contributed by atoms with Gasteiger partial charge in [-0.05, 0) is 34.2 Å². The molecule has 0 spiro atoms. The maximum atomic E-state index is 7.11. The van der Waals surface area contributed by atoms with Gasteiger partial charge in [-0.3, -0.25) is 0 Å². The van der Waals surface area contributed by atoms with E-state index in [4.69, 9.17) is 6.57 Å². The highest BCUT2D eigenvalue weighted by atomic mass is 127. The third-order valence-corrected chi connectivity index (χ3v) is 4.77. The second kappa shape index (κ2) is 7.38. The fraction of sp³-hybridized carbons (Fsp3) is 0.100. The van der Waals surface area contributed by atoms with E-state index in [-0.39, 0.29) is 0 Å². The van der Waals surface area contributed by atoms with Gasteiger partial charge in [0.25, 0.3) is 0 Å². The zero-order valence-electron chi connectivity index (χ0n) is 12.6. The third-order valence-electron chi connectivity index (χ3n) is 3.77. The van der Waals surface area contributed by atoms with Crippen LogP contribution < -0.4 is 4.57 Å². The van der Waals surface area contributed by atoms with E-state index in [2.05, 4.69) is 86.7 Å². The predicted molar refractivity (Wildman–Crippen MR) is 100 cm³/mol. The molecule has 0 saturated carbocycles. The van der Waals surface area contributed by atoms with Gasteiger partial charge in [0, 0.05) is 21.3 Å². The van der Waals surface area contributed by atoms with Crippen LogP contribution in [0.3, 0.4) is 0 Å². The molecule has 2 nitrogen and oxygen atoms in total. The van der Waals surface area contributed by atoms with Gasteiger partial charge in [0.05, 0.1) is 13.0 Å². The van der Waals surface area contributed by atoms with Gasteiger partial charge < -0.3 is 0 Å². The van der Waals surface area contributed by atoms with E-state index in [0.717, 1.165) is 16.5 Å². The maximum Gasteiger partial charge on any atom is 0.188 e. The first-order valence-electron chi connectivity index (χ1n) is 7.43. The molecular formula is C20H16IN2+. The summed E-state index contributed by atoms with van der Waals surface area (Å²) >= 11 is 2.32. The molecule has 3 rings (SSSR count). The number of hydrogen-bond acceptors (Lipinski definition) is 0. The number of benzene rings is 2. The molecule has 0 radical (unpaired) electrons. The van der Waals surface area contributed by atoms with E-state index < -0.39 is 0 Å². The Morgan fingerprint density at radius 1 is 0.957 bits per heavy atom. The van der Waals surface area contributed by atoms with Crippen LogP contribution in [0.5, 0.6) is 0 Å². The second-order valence-corrected chi connectivity index (χ2v) is 6.53. The summed E-state index contributed by atoms with van der Waals surface area (Å²) in [6.45, 7) is 7.98. The van der Waals surface area contributed by atoms with Crippen LogP contribution in [-0.4, -0.2) is 0 Å². The Labute approximate surface area is 150 Å². The van der Waals surface area contributed by atoms with Crippen molar-refractivity contribution in [1.82, 2.24) is 0 Å². The van der Waals surface area contributed by atoms with Crippen molar-refractivity contribution in [3.8, 4) is 0 Å². The lowest BCUT2D eigenvalue weighted by Gasteiger charge is -2.07. The molecule has 3 heteroatoms. The Balaban J connectivity index is 1.88. The van der Waals surface area contributed by atoms with Gasteiger partial charge in [0.2, 0.25) is 0 Å². The van der Waals surface area contributed by atoms with Crippen molar-refractivity contribution in [2.45, 2.75) is 13.0 Å². The molecular weight excluding hydrogens is 395 g/mol. The van der Waals surface area contributed by atoms with Crippen LogP contribution in [0.4, 0.5) is 5.69 Å². The summed E-state index contributed by atoms with van der Waals surface area (Å²) in [6.07, 6.45) is 2.99. The summed E-state index contributed by atoms with van der Waals surface area (Å²) in [6, 6.07) is 22.7. The SMILES string of the molecule is [C-]#[N+]c1ccc(Cc2cccc[n+]2Cc2ccccc2)c(I)c1. The van der Waals surface area contributed by atoms with Crippen molar-refractivity contribution in [1.29, 1.82) is 0 Å². The van der Waals surface area contributed by atoms with E-state index in [1.165, 1.54) is 16.8 Å². The summed E-state index contributed by atoms with van der Waals surface area (Å²) < 4.78 is 3.43. The molecule has 0 aliphatic rings. The molecule has 23 heavy (non-hydrogen) atoms. The molecule has 1 heterocycles. The highest BCUT2D eigenvalue weighted by Crippen LogP contribution is 2.21. The zero-order chi connectivity index (χ0) is 16.1. The minimum Gasteiger partial charge on any atom is -0.238 e. The summed E-state index contributed by atoms with van der Waals surface area (Å²) in [5.74, 6) is 0. The number of aromatic nitrogens is 1. The lowest BCUT2D eigenvalue weighted by Crippen LogP contribution is -2.38. The molecule has 0 fully saturated rings. The smallest absolute Gasteiger partial charge is 0.188 e. The minimum absolute atomic E-state index is 0.698. The molecule has 0 aliphatic carbocycles. The Hall–Kier alpha value is -2.19. The van der Waals surface area contributed by atoms with Gasteiger partial charge in [0.1, 0.15) is 0 Å². The van der Waals surface area contributed by atoms with Gasteiger partial charge in [-0.2, -0.15) is 4.57 Å². The van der Waals surface area contributed by atoms with Crippen LogP contribution >= 0.6 is 22.6 Å². The maximum absolute atomic E-state index is 7.11. The van der Waals surface area contributed by atoms with Crippen LogP contribution in [0.1, 0.15) is 16.8 Å². The molecule has 2 aromatic carbocycles. The van der Waals surface area contributed by atoms with Crippen LogP contribution in [0.15, 0.2) is 72.9 Å². The zero-order valence-corrected chi connectivity index (χ0v) is 14.8. The Morgan fingerprint density at radius 2 is 1.74 bits per heavy atom. The van der Waals surface area contributed by atoms with E-state index in [1.807, 2.05) is 18.2 Å². The highest BCUT2D eigenvalue weighted by Gasteiger charge is 2.13. The molecule has 112 valence electrons. The van der Waals surface area contributed by atoms with Crippen molar-refractivity contribution < 1.29 is 4.57 Å². The van der Waals surface area contributed by atoms with Crippen molar-refractivity contribution in [2.24, 2.45) is 0 Å². The van der Waals surface area contributed by atoms with Crippen LogP contribution in [-0.2, 0) is 13.0 Å². The normalized spacial score (nSPS) is 10.3. The molecule has 3 aromatic rings. The summed E-state index contributed by atoms with van der Waals surface area (Å²) in [4.78, 5) is 3.49. The van der Waals surface area contributed by atoms with Crippen molar-refractivity contribution in [3.05, 3.63) is 105 Å². The largest absolute Gasteiger partial charge is 0.238 e. The highest BCUT2D eigenvalue weighted by molar-refractivity contribution is 14.1. The molecule has 0 amide bonds. The molecule has 0 saturated heterocycles. The summed E-state index contributed by atoms with van der Waals surface area (Å²) in [5.41, 5.74) is 4.52. The van der Waals surface area contributed by atoms with Crippen molar-refractivity contribution >= 4 is 28.3 Å². The average molecular weight is 411 g/mol. The lowest BCUT2D eigenvalue weighted by atomic mass is 10.1. The number of nitrogens with zero attached hydrogens (tertiary/aromatic N) is 2. The number of rotatable bonds is 4. The Kier molecular flexibility index (Phi) is 5.04. The average Bonchev–Trinajstić information content (AvgIpc) is 2.59. The molecule has 0 unspecified atom stereocenters. The monoisotopic (exact) mass is 411 g/mol. The fourth-order valence-electron chi connectivity index (χ4n) is 2.55. The number of hydrogen-bond donors (Lipinski definition) is 0. The van der Waals surface area contributed by atoms with Gasteiger partial charge in [-0.15, -0.1) is 0 Å². The topological polar surface area (TPSA) is 8.24 Å². The predicted octanol–water partition coefficient (Wildman–Crippen LogP) is 4.77. The van der Waals surface area contributed by atoms with Crippen molar-refractivity contribution in [3.63, 3.8) is 0 Å². The lowest BCUT2D eigenvalue weighted by molar-refractivity contribution is -0.695. The first-order valence-corrected chi connectivity index (χ1v) is 8.51.